The SMILES string of the molecule is Cc1ccc(NC(=O)Nc2cccc3cccnc23)cc1. The molecule has 4 heteroatoms. The molecule has 0 saturated carbocycles. The quantitative estimate of drug-likeness (QED) is 0.738. The van der Waals surface area contributed by atoms with Crippen LogP contribution in [0.5, 0.6) is 0 Å². The van der Waals surface area contributed by atoms with E-state index in [0.29, 0.717) is 5.69 Å². The number of nitrogens with zero attached hydrogens (tertiary/aromatic N) is 1. The van der Waals surface area contributed by atoms with Crippen molar-refractivity contribution in [2.45, 2.75) is 6.92 Å². The molecule has 0 atom stereocenters. The van der Waals surface area contributed by atoms with Crippen molar-refractivity contribution in [2.75, 3.05) is 10.6 Å². The number of fused-ring (bicyclic) bond motifs is 1. The lowest BCUT2D eigenvalue weighted by Gasteiger charge is -2.09. The number of amides is 2. The van der Waals surface area contributed by atoms with E-state index in [2.05, 4.69) is 15.6 Å². The number of benzene rings is 2. The van der Waals surface area contributed by atoms with Gasteiger partial charge in [-0.25, -0.2) is 4.79 Å². The lowest BCUT2D eigenvalue weighted by atomic mass is 10.2. The monoisotopic (exact) mass is 277 g/mol. The van der Waals surface area contributed by atoms with Gasteiger partial charge in [0, 0.05) is 17.3 Å². The summed E-state index contributed by atoms with van der Waals surface area (Å²) in [7, 11) is 0. The highest BCUT2D eigenvalue weighted by atomic mass is 16.2. The minimum absolute atomic E-state index is 0.281. The average molecular weight is 277 g/mol. The average Bonchev–Trinajstić information content (AvgIpc) is 2.50. The van der Waals surface area contributed by atoms with Gasteiger partial charge in [-0.3, -0.25) is 4.98 Å². The van der Waals surface area contributed by atoms with E-state index in [-0.39, 0.29) is 6.03 Å². The van der Waals surface area contributed by atoms with Crippen molar-refractivity contribution in [3.05, 3.63) is 66.4 Å². The number of aryl methyl sites for hydroxylation is 1. The Bertz CT molecular complexity index is 776. The molecule has 2 aromatic carbocycles. The number of anilines is 2. The Kier molecular flexibility index (Phi) is 3.51. The Hall–Kier alpha value is -2.88. The van der Waals surface area contributed by atoms with Crippen LogP contribution in [-0.4, -0.2) is 11.0 Å². The van der Waals surface area contributed by atoms with Gasteiger partial charge in [0.15, 0.2) is 0 Å². The van der Waals surface area contributed by atoms with E-state index in [0.717, 1.165) is 22.2 Å². The van der Waals surface area contributed by atoms with Crippen LogP contribution in [0.4, 0.5) is 16.2 Å². The third kappa shape index (κ3) is 3.00. The number of hydrogen-bond donors (Lipinski definition) is 2. The fourth-order valence-corrected chi connectivity index (χ4v) is 2.13. The van der Waals surface area contributed by atoms with Crippen LogP contribution in [-0.2, 0) is 0 Å². The van der Waals surface area contributed by atoms with Crippen LogP contribution < -0.4 is 10.6 Å². The van der Waals surface area contributed by atoms with E-state index in [9.17, 15) is 4.79 Å². The Balaban J connectivity index is 1.79. The molecule has 3 rings (SSSR count). The molecule has 2 amide bonds. The van der Waals surface area contributed by atoms with Crippen molar-refractivity contribution in [3.63, 3.8) is 0 Å². The number of nitrogens with one attached hydrogen (secondary N) is 2. The molecule has 0 saturated heterocycles. The third-order valence-corrected chi connectivity index (χ3v) is 3.19. The highest BCUT2D eigenvalue weighted by Crippen LogP contribution is 2.20. The van der Waals surface area contributed by atoms with Crippen LogP contribution in [0, 0.1) is 6.92 Å². The zero-order valence-corrected chi connectivity index (χ0v) is 11.6. The summed E-state index contributed by atoms with van der Waals surface area (Å²) in [6.45, 7) is 2.01. The summed E-state index contributed by atoms with van der Waals surface area (Å²) < 4.78 is 0. The van der Waals surface area contributed by atoms with Gasteiger partial charge in [-0.2, -0.15) is 0 Å². The molecule has 0 aliphatic rings. The van der Waals surface area contributed by atoms with Crippen molar-refractivity contribution in [1.29, 1.82) is 0 Å². The Labute approximate surface area is 122 Å². The summed E-state index contributed by atoms with van der Waals surface area (Å²) >= 11 is 0. The standard InChI is InChI=1S/C17H15N3O/c1-12-7-9-14(10-8-12)19-17(21)20-15-6-2-4-13-5-3-11-18-16(13)15/h2-11H,1H3,(H2,19,20,21). The number of hydrogen-bond acceptors (Lipinski definition) is 2. The minimum atomic E-state index is -0.281. The molecule has 0 bridgehead atoms. The largest absolute Gasteiger partial charge is 0.323 e. The molecule has 0 unspecified atom stereocenters. The Morgan fingerprint density at radius 1 is 0.952 bits per heavy atom. The molecule has 0 aliphatic carbocycles. The first-order valence-electron chi connectivity index (χ1n) is 6.71. The number of carbonyl (C=O) groups excluding carboxylic acids is 1. The summed E-state index contributed by atoms with van der Waals surface area (Å²) in [5.74, 6) is 0. The number of urea groups is 1. The smallest absolute Gasteiger partial charge is 0.308 e. The molecule has 0 aliphatic heterocycles. The van der Waals surface area contributed by atoms with Gasteiger partial charge in [-0.1, -0.05) is 35.9 Å². The minimum Gasteiger partial charge on any atom is -0.308 e. The van der Waals surface area contributed by atoms with E-state index >= 15 is 0 Å². The van der Waals surface area contributed by atoms with Crippen LogP contribution in [0.2, 0.25) is 0 Å². The number of rotatable bonds is 2. The summed E-state index contributed by atoms with van der Waals surface area (Å²) in [5.41, 5.74) is 3.38. The van der Waals surface area contributed by atoms with Crippen molar-refractivity contribution < 1.29 is 4.79 Å². The lowest BCUT2D eigenvalue weighted by Crippen LogP contribution is -2.19. The van der Waals surface area contributed by atoms with Crippen LogP contribution in [0.15, 0.2) is 60.8 Å². The van der Waals surface area contributed by atoms with Gasteiger partial charge in [0.05, 0.1) is 11.2 Å². The van der Waals surface area contributed by atoms with E-state index in [4.69, 9.17) is 0 Å². The van der Waals surface area contributed by atoms with Crippen molar-refractivity contribution >= 4 is 28.3 Å². The second-order valence-corrected chi connectivity index (χ2v) is 4.83. The van der Waals surface area contributed by atoms with Crippen LogP contribution in [0.3, 0.4) is 0 Å². The van der Waals surface area contributed by atoms with Gasteiger partial charge in [-0.05, 0) is 31.2 Å². The predicted octanol–water partition coefficient (Wildman–Crippen LogP) is 4.19. The first-order valence-corrected chi connectivity index (χ1v) is 6.71. The molecular weight excluding hydrogens is 262 g/mol. The van der Waals surface area contributed by atoms with Crippen molar-refractivity contribution in [1.82, 2.24) is 4.98 Å². The molecule has 1 aromatic heterocycles. The van der Waals surface area contributed by atoms with Gasteiger partial charge in [0.1, 0.15) is 0 Å². The zero-order chi connectivity index (χ0) is 14.7. The second kappa shape index (κ2) is 5.63. The number of aromatic nitrogens is 1. The van der Waals surface area contributed by atoms with Crippen LogP contribution in [0.1, 0.15) is 5.56 Å². The van der Waals surface area contributed by atoms with Crippen LogP contribution in [0.25, 0.3) is 10.9 Å². The van der Waals surface area contributed by atoms with Gasteiger partial charge >= 0.3 is 6.03 Å². The van der Waals surface area contributed by atoms with Gasteiger partial charge < -0.3 is 10.6 Å². The van der Waals surface area contributed by atoms with Gasteiger partial charge in [-0.15, -0.1) is 0 Å². The molecule has 2 N–H and O–H groups in total. The summed E-state index contributed by atoms with van der Waals surface area (Å²) in [6, 6.07) is 16.9. The normalized spacial score (nSPS) is 10.3. The first kappa shape index (κ1) is 13.1. The van der Waals surface area contributed by atoms with Crippen molar-refractivity contribution in [3.8, 4) is 0 Å². The number of carbonyl (C=O) groups is 1. The second-order valence-electron chi connectivity index (χ2n) is 4.83. The van der Waals surface area contributed by atoms with E-state index < -0.39 is 0 Å². The highest BCUT2D eigenvalue weighted by Gasteiger charge is 2.06. The Morgan fingerprint density at radius 2 is 1.71 bits per heavy atom. The number of pyridine rings is 1. The maximum absolute atomic E-state index is 12.1. The summed E-state index contributed by atoms with van der Waals surface area (Å²) in [6.07, 6.45) is 1.71. The van der Waals surface area contributed by atoms with Crippen molar-refractivity contribution in [2.24, 2.45) is 0 Å². The first-order chi connectivity index (χ1) is 10.2. The van der Waals surface area contributed by atoms with Gasteiger partial charge in [0.25, 0.3) is 0 Å². The Morgan fingerprint density at radius 3 is 2.52 bits per heavy atom. The molecule has 0 radical (unpaired) electrons. The predicted molar refractivity (Wildman–Crippen MR) is 85.6 cm³/mol. The van der Waals surface area contributed by atoms with E-state index in [1.54, 1.807) is 6.20 Å². The van der Waals surface area contributed by atoms with E-state index in [1.165, 1.54) is 0 Å². The van der Waals surface area contributed by atoms with E-state index in [1.807, 2.05) is 61.5 Å². The molecule has 0 spiro atoms. The summed E-state index contributed by atoms with van der Waals surface area (Å²) in [4.78, 5) is 16.4. The zero-order valence-electron chi connectivity index (χ0n) is 11.6. The van der Waals surface area contributed by atoms with Gasteiger partial charge in [0.2, 0.25) is 0 Å². The molecule has 3 aromatic rings. The fourth-order valence-electron chi connectivity index (χ4n) is 2.13. The maximum Gasteiger partial charge on any atom is 0.323 e. The topological polar surface area (TPSA) is 54.0 Å². The highest BCUT2D eigenvalue weighted by molar-refractivity contribution is 6.04. The molecule has 1 heterocycles. The molecule has 0 fully saturated rings. The third-order valence-electron chi connectivity index (χ3n) is 3.19. The maximum atomic E-state index is 12.1. The molecular formula is C17H15N3O. The summed E-state index contributed by atoms with van der Waals surface area (Å²) in [5, 5.41) is 6.63. The fraction of sp³-hybridized carbons (Fsp3) is 0.0588. The number of para-hydroxylation sites is 1. The van der Waals surface area contributed by atoms with Crippen LogP contribution >= 0.6 is 0 Å². The lowest BCUT2D eigenvalue weighted by molar-refractivity contribution is 0.262. The molecule has 4 nitrogen and oxygen atoms in total. The molecule has 104 valence electrons. The molecule has 21 heavy (non-hydrogen) atoms.